The van der Waals surface area contributed by atoms with Crippen LogP contribution in [0.15, 0.2) is 30.6 Å². The second kappa shape index (κ2) is 6.32. The summed E-state index contributed by atoms with van der Waals surface area (Å²) >= 11 is 5.62. The van der Waals surface area contributed by atoms with Gasteiger partial charge in [-0.3, -0.25) is 9.59 Å². The Morgan fingerprint density at radius 3 is 2.48 bits per heavy atom. The van der Waals surface area contributed by atoms with E-state index in [9.17, 15) is 9.59 Å². The fourth-order valence-electron chi connectivity index (χ4n) is 1.71. The number of rotatable bonds is 3. The van der Waals surface area contributed by atoms with E-state index >= 15 is 0 Å². The molecule has 6 nitrogen and oxygen atoms in total. The Hall–Kier alpha value is -2.47. The molecule has 0 bridgehead atoms. The van der Waals surface area contributed by atoms with Crippen LogP contribution in [0.2, 0.25) is 5.15 Å². The molecule has 0 aliphatic heterocycles. The molecule has 0 unspecified atom stereocenters. The lowest BCUT2D eigenvalue weighted by molar-refractivity contribution is 0.0962. The zero-order valence-electron chi connectivity index (χ0n) is 11.5. The Morgan fingerprint density at radius 2 is 1.90 bits per heavy atom. The molecule has 21 heavy (non-hydrogen) atoms. The van der Waals surface area contributed by atoms with Crippen LogP contribution >= 0.6 is 11.6 Å². The average Bonchev–Trinajstić information content (AvgIpc) is 2.49. The van der Waals surface area contributed by atoms with E-state index in [0.29, 0.717) is 11.3 Å². The third-order valence-electron chi connectivity index (χ3n) is 2.82. The largest absolute Gasteiger partial charge is 0.355 e. The molecule has 108 valence electrons. The smallest absolute Gasteiger partial charge is 0.275 e. The van der Waals surface area contributed by atoms with Crippen molar-refractivity contribution in [2.24, 2.45) is 0 Å². The van der Waals surface area contributed by atoms with Crippen molar-refractivity contribution >= 4 is 29.1 Å². The van der Waals surface area contributed by atoms with E-state index in [-0.39, 0.29) is 16.8 Å². The van der Waals surface area contributed by atoms with Crippen LogP contribution in [0.5, 0.6) is 0 Å². The van der Waals surface area contributed by atoms with Gasteiger partial charge in [0.15, 0.2) is 0 Å². The van der Waals surface area contributed by atoms with Gasteiger partial charge in [-0.05, 0) is 30.7 Å². The molecule has 0 aliphatic rings. The quantitative estimate of drug-likeness (QED) is 0.909. The van der Waals surface area contributed by atoms with Crippen LogP contribution in [0.4, 0.5) is 5.69 Å². The third kappa shape index (κ3) is 3.55. The van der Waals surface area contributed by atoms with Gasteiger partial charge >= 0.3 is 0 Å². The average molecular weight is 305 g/mol. The van der Waals surface area contributed by atoms with Crippen molar-refractivity contribution in [3.8, 4) is 0 Å². The number of anilines is 1. The second-order valence-electron chi connectivity index (χ2n) is 4.29. The lowest BCUT2D eigenvalue weighted by atomic mass is 10.1. The molecule has 0 radical (unpaired) electrons. The van der Waals surface area contributed by atoms with E-state index in [0.717, 1.165) is 5.56 Å². The first-order valence-electron chi connectivity index (χ1n) is 6.13. The number of aromatic nitrogens is 2. The highest BCUT2D eigenvalue weighted by atomic mass is 35.5. The van der Waals surface area contributed by atoms with Gasteiger partial charge in [0, 0.05) is 18.3 Å². The van der Waals surface area contributed by atoms with Crippen molar-refractivity contribution in [1.29, 1.82) is 0 Å². The van der Waals surface area contributed by atoms with Gasteiger partial charge in [-0.15, -0.1) is 0 Å². The van der Waals surface area contributed by atoms with Gasteiger partial charge in [0.1, 0.15) is 10.8 Å². The van der Waals surface area contributed by atoms with E-state index in [1.54, 1.807) is 32.2 Å². The standard InChI is InChI=1S/C14H13ClN4O2/c1-8-5-9(13(20)16-2)3-4-10(8)19-14(21)11-6-18-12(15)7-17-11/h3-7H,1-2H3,(H,16,20)(H,19,21). The number of carbonyl (C=O) groups excluding carboxylic acids is 2. The third-order valence-corrected chi connectivity index (χ3v) is 3.01. The number of halogens is 1. The van der Waals surface area contributed by atoms with Crippen LogP contribution in [0, 0.1) is 6.92 Å². The first-order chi connectivity index (χ1) is 10.0. The van der Waals surface area contributed by atoms with Crippen LogP contribution in [-0.4, -0.2) is 28.8 Å². The number of carbonyl (C=O) groups is 2. The second-order valence-corrected chi connectivity index (χ2v) is 4.67. The molecular formula is C14H13ClN4O2. The summed E-state index contributed by atoms with van der Waals surface area (Å²) in [7, 11) is 1.56. The summed E-state index contributed by atoms with van der Waals surface area (Å²) in [5.74, 6) is -0.575. The maximum Gasteiger partial charge on any atom is 0.275 e. The lowest BCUT2D eigenvalue weighted by Gasteiger charge is -2.09. The van der Waals surface area contributed by atoms with E-state index in [1.165, 1.54) is 12.4 Å². The fourth-order valence-corrected chi connectivity index (χ4v) is 1.80. The zero-order chi connectivity index (χ0) is 15.4. The van der Waals surface area contributed by atoms with Gasteiger partial charge in [-0.2, -0.15) is 0 Å². The van der Waals surface area contributed by atoms with E-state index < -0.39 is 5.91 Å². The summed E-state index contributed by atoms with van der Waals surface area (Å²) in [6.07, 6.45) is 2.60. The first-order valence-corrected chi connectivity index (χ1v) is 6.50. The predicted molar refractivity (Wildman–Crippen MR) is 79.6 cm³/mol. The molecule has 0 spiro atoms. The molecule has 1 heterocycles. The molecule has 1 aromatic heterocycles. The molecule has 2 amide bonds. The van der Waals surface area contributed by atoms with Gasteiger partial charge < -0.3 is 10.6 Å². The summed E-state index contributed by atoms with van der Waals surface area (Å²) in [6.45, 7) is 1.80. The molecular weight excluding hydrogens is 292 g/mol. The van der Waals surface area contributed by atoms with Gasteiger partial charge in [0.25, 0.3) is 11.8 Å². The molecule has 2 rings (SSSR count). The number of aryl methyl sites for hydroxylation is 1. The van der Waals surface area contributed by atoms with Gasteiger partial charge in [0.05, 0.1) is 12.4 Å². The monoisotopic (exact) mass is 304 g/mol. The summed E-state index contributed by atoms with van der Waals surface area (Å²) in [5, 5.41) is 5.48. The SMILES string of the molecule is CNC(=O)c1ccc(NC(=O)c2cnc(Cl)cn2)c(C)c1. The van der Waals surface area contributed by atoms with Crippen LogP contribution in [0.3, 0.4) is 0 Å². The van der Waals surface area contributed by atoms with E-state index in [2.05, 4.69) is 20.6 Å². The molecule has 0 aliphatic carbocycles. The summed E-state index contributed by atoms with van der Waals surface area (Å²) in [4.78, 5) is 31.2. The number of nitrogens with zero attached hydrogens (tertiary/aromatic N) is 2. The highest BCUT2D eigenvalue weighted by Gasteiger charge is 2.11. The van der Waals surface area contributed by atoms with Crippen molar-refractivity contribution < 1.29 is 9.59 Å². The van der Waals surface area contributed by atoms with Gasteiger partial charge in [0.2, 0.25) is 0 Å². The van der Waals surface area contributed by atoms with Crippen molar-refractivity contribution in [2.45, 2.75) is 6.92 Å². The number of benzene rings is 1. The normalized spacial score (nSPS) is 10.0. The lowest BCUT2D eigenvalue weighted by Crippen LogP contribution is -2.18. The Bertz CT molecular complexity index is 686. The molecule has 0 atom stereocenters. The summed E-state index contributed by atoms with van der Waals surface area (Å²) in [5.41, 5.74) is 2.06. The van der Waals surface area contributed by atoms with Crippen LogP contribution in [0.25, 0.3) is 0 Å². The molecule has 2 aromatic rings. The van der Waals surface area contributed by atoms with Crippen molar-refractivity contribution in [1.82, 2.24) is 15.3 Å². The minimum absolute atomic E-state index is 0.161. The number of amides is 2. The Balaban J connectivity index is 2.18. The van der Waals surface area contributed by atoms with Gasteiger partial charge in [-0.25, -0.2) is 9.97 Å². The Morgan fingerprint density at radius 1 is 1.14 bits per heavy atom. The predicted octanol–water partition coefficient (Wildman–Crippen LogP) is 2.05. The highest BCUT2D eigenvalue weighted by molar-refractivity contribution is 6.29. The minimum Gasteiger partial charge on any atom is -0.355 e. The molecule has 2 N–H and O–H groups in total. The highest BCUT2D eigenvalue weighted by Crippen LogP contribution is 2.17. The Labute approximate surface area is 126 Å². The van der Waals surface area contributed by atoms with Gasteiger partial charge in [-0.1, -0.05) is 11.6 Å². The summed E-state index contributed by atoms with van der Waals surface area (Å²) < 4.78 is 0. The van der Waals surface area contributed by atoms with Crippen LogP contribution in [-0.2, 0) is 0 Å². The number of hydrogen-bond donors (Lipinski definition) is 2. The summed E-state index contributed by atoms with van der Waals surface area (Å²) in [6, 6.07) is 5.00. The molecule has 7 heteroatoms. The minimum atomic E-state index is -0.394. The number of hydrogen-bond acceptors (Lipinski definition) is 4. The Kier molecular flexibility index (Phi) is 4.49. The van der Waals surface area contributed by atoms with Crippen molar-refractivity contribution in [3.05, 3.63) is 52.6 Å². The van der Waals surface area contributed by atoms with Crippen LogP contribution < -0.4 is 10.6 Å². The molecule has 0 saturated carbocycles. The molecule has 0 fully saturated rings. The first kappa shape index (κ1) is 14.9. The molecule has 1 aromatic carbocycles. The van der Waals surface area contributed by atoms with Crippen molar-refractivity contribution in [3.63, 3.8) is 0 Å². The fraction of sp³-hybridized carbons (Fsp3) is 0.143. The maximum absolute atomic E-state index is 12.0. The number of nitrogens with one attached hydrogen (secondary N) is 2. The van der Waals surface area contributed by atoms with E-state index in [4.69, 9.17) is 11.6 Å². The van der Waals surface area contributed by atoms with Crippen LogP contribution in [0.1, 0.15) is 26.4 Å². The van der Waals surface area contributed by atoms with Crippen molar-refractivity contribution in [2.75, 3.05) is 12.4 Å². The maximum atomic E-state index is 12.0. The zero-order valence-corrected chi connectivity index (χ0v) is 12.2. The van der Waals surface area contributed by atoms with E-state index in [1.807, 2.05) is 0 Å². The topological polar surface area (TPSA) is 84.0 Å². The molecule has 0 saturated heterocycles.